The van der Waals surface area contributed by atoms with E-state index in [-0.39, 0.29) is 18.1 Å². The monoisotopic (exact) mass is 284 g/mol. The van der Waals surface area contributed by atoms with E-state index >= 15 is 0 Å². The minimum absolute atomic E-state index is 0.0843. The third kappa shape index (κ3) is 3.84. The van der Waals surface area contributed by atoms with Crippen LogP contribution >= 0.6 is 0 Å². The van der Waals surface area contributed by atoms with Crippen LogP contribution in [0.15, 0.2) is 24.3 Å². The molecule has 0 aromatic heterocycles. The van der Waals surface area contributed by atoms with Crippen molar-refractivity contribution in [3.05, 3.63) is 35.4 Å². The van der Waals surface area contributed by atoms with Crippen molar-refractivity contribution in [2.45, 2.75) is 45.2 Å². The van der Waals surface area contributed by atoms with Crippen LogP contribution in [0.3, 0.4) is 0 Å². The predicted molar refractivity (Wildman–Crippen MR) is 71.3 cm³/mol. The molecule has 0 amide bonds. The van der Waals surface area contributed by atoms with E-state index in [1.807, 2.05) is 0 Å². The number of halogens is 3. The summed E-state index contributed by atoms with van der Waals surface area (Å²) in [4.78, 5) is 12.2. The molecule has 0 saturated heterocycles. The molecule has 1 aliphatic carbocycles. The van der Waals surface area contributed by atoms with Gasteiger partial charge in [0.25, 0.3) is 0 Å². The van der Waals surface area contributed by atoms with Crippen molar-refractivity contribution < 1.29 is 18.0 Å². The first kappa shape index (κ1) is 15.1. The first-order chi connectivity index (χ1) is 9.36. The number of benzene rings is 1. The minimum atomic E-state index is -4.32. The maximum absolute atomic E-state index is 12.4. The van der Waals surface area contributed by atoms with E-state index in [2.05, 4.69) is 6.92 Å². The number of hydrogen-bond donors (Lipinski definition) is 0. The third-order valence-corrected chi connectivity index (χ3v) is 4.05. The molecule has 110 valence electrons. The van der Waals surface area contributed by atoms with Gasteiger partial charge in [0, 0.05) is 12.3 Å². The maximum atomic E-state index is 12.4. The van der Waals surface area contributed by atoms with Crippen LogP contribution < -0.4 is 0 Å². The molecule has 4 heteroatoms. The molecule has 1 aliphatic rings. The number of Topliss-reactive ketones (excluding diaryl/α,β-unsaturated/α-hetero) is 1. The van der Waals surface area contributed by atoms with Crippen molar-refractivity contribution >= 4 is 5.78 Å². The zero-order chi connectivity index (χ0) is 14.8. The van der Waals surface area contributed by atoms with Crippen LogP contribution in [0.2, 0.25) is 0 Å². The Hall–Kier alpha value is -1.32. The van der Waals surface area contributed by atoms with Gasteiger partial charge in [-0.3, -0.25) is 4.79 Å². The molecule has 1 aromatic rings. The van der Waals surface area contributed by atoms with Gasteiger partial charge < -0.3 is 0 Å². The molecular weight excluding hydrogens is 265 g/mol. The number of alkyl halides is 3. The summed E-state index contributed by atoms with van der Waals surface area (Å²) in [5.74, 6) is 0.822. The molecule has 0 bridgehead atoms. The van der Waals surface area contributed by atoms with Crippen molar-refractivity contribution in [1.82, 2.24) is 0 Å². The Kier molecular flexibility index (Phi) is 4.51. The molecule has 1 nitrogen and oxygen atoms in total. The number of ketones is 1. The van der Waals surface area contributed by atoms with E-state index in [1.165, 1.54) is 18.6 Å². The Morgan fingerprint density at radius 3 is 2.40 bits per heavy atom. The summed E-state index contributed by atoms with van der Waals surface area (Å²) in [6, 6.07) is 4.91. The molecule has 0 heterocycles. The van der Waals surface area contributed by atoms with Gasteiger partial charge in [-0.2, -0.15) is 13.2 Å². The molecule has 1 saturated carbocycles. The molecule has 0 radical (unpaired) electrons. The lowest BCUT2D eigenvalue weighted by molar-refractivity contribution is -0.137. The fraction of sp³-hybridized carbons (Fsp3) is 0.562. The largest absolute Gasteiger partial charge is 0.416 e. The van der Waals surface area contributed by atoms with Crippen LogP contribution in [0.25, 0.3) is 0 Å². The number of rotatable bonds is 3. The van der Waals surface area contributed by atoms with E-state index in [4.69, 9.17) is 0 Å². The first-order valence-corrected chi connectivity index (χ1v) is 7.05. The first-order valence-electron chi connectivity index (χ1n) is 7.05. The highest BCUT2D eigenvalue weighted by Gasteiger charge is 2.30. The second-order valence-corrected chi connectivity index (χ2v) is 5.81. The minimum Gasteiger partial charge on any atom is -0.299 e. The average molecular weight is 284 g/mol. The summed E-state index contributed by atoms with van der Waals surface area (Å²) in [6.45, 7) is 2.15. The lowest BCUT2D eigenvalue weighted by atomic mass is 9.79. The van der Waals surface area contributed by atoms with Gasteiger partial charge in [0.1, 0.15) is 5.78 Å². The van der Waals surface area contributed by atoms with E-state index in [1.54, 1.807) is 0 Å². The molecule has 2 atom stereocenters. The summed E-state index contributed by atoms with van der Waals surface area (Å²) in [7, 11) is 0. The zero-order valence-corrected chi connectivity index (χ0v) is 11.5. The lowest BCUT2D eigenvalue weighted by Gasteiger charge is -2.25. The van der Waals surface area contributed by atoms with Crippen LogP contribution in [0, 0.1) is 11.8 Å². The van der Waals surface area contributed by atoms with Gasteiger partial charge >= 0.3 is 6.18 Å². The standard InChI is InChI=1S/C16H19F3O/c1-11-3-2-4-13(9-11)15(20)10-12-5-7-14(8-6-12)16(17,18)19/h5-8,11,13H,2-4,9-10H2,1H3. The molecule has 0 spiro atoms. The van der Waals surface area contributed by atoms with Gasteiger partial charge in [0.15, 0.2) is 0 Å². The van der Waals surface area contributed by atoms with Gasteiger partial charge in [-0.25, -0.2) is 0 Å². The van der Waals surface area contributed by atoms with E-state index < -0.39 is 11.7 Å². The summed E-state index contributed by atoms with van der Waals surface area (Å²) in [5, 5.41) is 0. The van der Waals surface area contributed by atoms with E-state index in [0.29, 0.717) is 11.5 Å². The second kappa shape index (κ2) is 5.98. The lowest BCUT2D eigenvalue weighted by Crippen LogP contribution is -2.23. The number of carbonyl (C=O) groups excluding carboxylic acids is 1. The highest BCUT2D eigenvalue weighted by molar-refractivity contribution is 5.83. The second-order valence-electron chi connectivity index (χ2n) is 5.81. The summed E-state index contributed by atoms with van der Waals surface area (Å²) < 4.78 is 37.3. The van der Waals surface area contributed by atoms with Crippen LogP contribution in [-0.4, -0.2) is 5.78 Å². The Labute approximate surface area is 117 Å². The van der Waals surface area contributed by atoms with Crippen molar-refractivity contribution in [3.63, 3.8) is 0 Å². The Morgan fingerprint density at radius 2 is 1.85 bits per heavy atom. The molecule has 2 rings (SSSR count). The normalized spacial score (nSPS) is 23.6. The van der Waals surface area contributed by atoms with Crippen molar-refractivity contribution in [2.75, 3.05) is 0 Å². The van der Waals surface area contributed by atoms with E-state index in [0.717, 1.165) is 31.4 Å². The van der Waals surface area contributed by atoms with Crippen molar-refractivity contribution in [1.29, 1.82) is 0 Å². The summed E-state index contributed by atoms with van der Waals surface area (Å²) in [6.07, 6.45) is 0.00872. The summed E-state index contributed by atoms with van der Waals surface area (Å²) in [5.41, 5.74) is 0.00112. The SMILES string of the molecule is CC1CCCC(C(=O)Cc2ccc(C(F)(F)F)cc2)C1. The van der Waals surface area contributed by atoms with Gasteiger partial charge in [-0.1, -0.05) is 31.9 Å². The number of carbonyl (C=O) groups is 1. The highest BCUT2D eigenvalue weighted by Crippen LogP contribution is 2.31. The molecule has 2 unspecified atom stereocenters. The van der Waals surface area contributed by atoms with E-state index in [9.17, 15) is 18.0 Å². The highest BCUT2D eigenvalue weighted by atomic mass is 19.4. The molecule has 1 fully saturated rings. The topological polar surface area (TPSA) is 17.1 Å². The van der Waals surface area contributed by atoms with Crippen LogP contribution in [0.5, 0.6) is 0 Å². The predicted octanol–water partition coefficient (Wildman–Crippen LogP) is 4.64. The molecule has 0 aliphatic heterocycles. The Bertz CT molecular complexity index is 462. The number of hydrogen-bond acceptors (Lipinski definition) is 1. The molecular formula is C16H19F3O. The van der Waals surface area contributed by atoms with Gasteiger partial charge in [-0.05, 0) is 36.5 Å². The van der Waals surface area contributed by atoms with Crippen molar-refractivity contribution in [3.8, 4) is 0 Å². The fourth-order valence-electron chi connectivity index (χ4n) is 2.88. The zero-order valence-electron chi connectivity index (χ0n) is 11.5. The average Bonchev–Trinajstić information content (AvgIpc) is 2.38. The smallest absolute Gasteiger partial charge is 0.299 e. The Balaban J connectivity index is 1.97. The van der Waals surface area contributed by atoms with Gasteiger partial charge in [0.2, 0.25) is 0 Å². The third-order valence-electron chi connectivity index (χ3n) is 4.05. The molecule has 20 heavy (non-hydrogen) atoms. The summed E-state index contributed by atoms with van der Waals surface area (Å²) >= 11 is 0. The fourth-order valence-corrected chi connectivity index (χ4v) is 2.88. The molecule has 1 aromatic carbocycles. The van der Waals surface area contributed by atoms with Crippen LogP contribution in [-0.2, 0) is 17.4 Å². The van der Waals surface area contributed by atoms with Crippen LogP contribution in [0.4, 0.5) is 13.2 Å². The molecule has 0 N–H and O–H groups in total. The van der Waals surface area contributed by atoms with Gasteiger partial charge in [-0.15, -0.1) is 0 Å². The maximum Gasteiger partial charge on any atom is 0.416 e. The quantitative estimate of drug-likeness (QED) is 0.790. The Morgan fingerprint density at radius 1 is 1.20 bits per heavy atom. The van der Waals surface area contributed by atoms with Crippen molar-refractivity contribution in [2.24, 2.45) is 11.8 Å². The van der Waals surface area contributed by atoms with Gasteiger partial charge in [0.05, 0.1) is 5.56 Å². The van der Waals surface area contributed by atoms with Crippen LogP contribution in [0.1, 0.15) is 43.7 Å².